The van der Waals surface area contributed by atoms with Gasteiger partial charge in [0.2, 0.25) is 10.0 Å². The Morgan fingerprint density at radius 1 is 1.12 bits per heavy atom. The van der Waals surface area contributed by atoms with Crippen molar-refractivity contribution in [3.8, 4) is 0 Å². The molecule has 0 aliphatic carbocycles. The zero-order valence-electron chi connectivity index (χ0n) is 10.2. The number of hydrogen-bond donors (Lipinski definition) is 1. The van der Waals surface area contributed by atoms with Crippen LogP contribution < -0.4 is 4.72 Å². The molecule has 0 aliphatic heterocycles. The fourth-order valence-corrected chi connectivity index (χ4v) is 2.30. The normalized spacial score (nSPS) is 12.8. The second-order valence-corrected chi connectivity index (χ2v) is 6.68. The number of aryl methyl sites for hydroxylation is 1. The first-order valence-corrected chi connectivity index (χ1v) is 6.56. The molecule has 90 valence electrons. The highest BCUT2D eigenvalue weighted by molar-refractivity contribution is 7.89. The van der Waals surface area contributed by atoms with Gasteiger partial charge in [-0.15, -0.1) is 0 Å². The highest BCUT2D eigenvalue weighted by Crippen LogP contribution is 2.09. The van der Waals surface area contributed by atoms with E-state index in [0.717, 1.165) is 5.56 Å². The van der Waals surface area contributed by atoms with E-state index in [9.17, 15) is 8.42 Å². The number of quaternary nitrogens is 1. The van der Waals surface area contributed by atoms with Crippen LogP contribution in [0, 0.1) is 6.92 Å². The molecule has 1 aromatic rings. The molecule has 0 unspecified atom stereocenters. The Morgan fingerprint density at radius 3 is 2.06 bits per heavy atom. The summed E-state index contributed by atoms with van der Waals surface area (Å²) in [5, 5.41) is 0. The second-order valence-electron chi connectivity index (χ2n) is 4.91. The van der Waals surface area contributed by atoms with Crippen LogP contribution in [0.1, 0.15) is 5.56 Å². The molecular formula is C11H19N2O2S+. The molecule has 1 rings (SSSR count). The summed E-state index contributed by atoms with van der Waals surface area (Å²) >= 11 is 0. The third kappa shape index (κ3) is 3.92. The monoisotopic (exact) mass is 243 g/mol. The van der Waals surface area contributed by atoms with Gasteiger partial charge in [0.15, 0.2) is 0 Å². The lowest BCUT2D eigenvalue weighted by Gasteiger charge is -2.23. The van der Waals surface area contributed by atoms with Crippen LogP contribution in [0.5, 0.6) is 0 Å². The number of benzene rings is 1. The maximum absolute atomic E-state index is 11.9. The molecule has 16 heavy (non-hydrogen) atoms. The van der Waals surface area contributed by atoms with Crippen LogP contribution in [0.2, 0.25) is 0 Å². The van der Waals surface area contributed by atoms with Crippen molar-refractivity contribution in [2.45, 2.75) is 11.8 Å². The molecule has 0 saturated carbocycles. The van der Waals surface area contributed by atoms with Gasteiger partial charge in [0.25, 0.3) is 0 Å². The van der Waals surface area contributed by atoms with Crippen LogP contribution in [0.4, 0.5) is 0 Å². The van der Waals surface area contributed by atoms with Crippen LogP contribution >= 0.6 is 0 Å². The van der Waals surface area contributed by atoms with E-state index in [0.29, 0.717) is 16.0 Å². The van der Waals surface area contributed by atoms with E-state index in [1.165, 1.54) is 0 Å². The van der Waals surface area contributed by atoms with E-state index in [1.807, 2.05) is 28.1 Å². The van der Waals surface area contributed by atoms with E-state index in [4.69, 9.17) is 0 Å². The van der Waals surface area contributed by atoms with Gasteiger partial charge >= 0.3 is 0 Å². The summed E-state index contributed by atoms with van der Waals surface area (Å²) in [6, 6.07) is 6.82. The smallest absolute Gasteiger partial charge is 0.244 e. The van der Waals surface area contributed by atoms with Crippen molar-refractivity contribution in [2.24, 2.45) is 0 Å². The predicted octanol–water partition coefficient (Wildman–Crippen LogP) is 0.937. The number of sulfonamides is 1. The van der Waals surface area contributed by atoms with Gasteiger partial charge in [-0.1, -0.05) is 17.7 Å². The minimum Gasteiger partial charge on any atom is -0.318 e. The number of nitrogens with one attached hydrogen (secondary N) is 1. The Labute approximate surface area is 97.5 Å². The number of hydrogen-bond acceptors (Lipinski definition) is 2. The predicted molar refractivity (Wildman–Crippen MR) is 64.4 cm³/mol. The molecule has 0 amide bonds. The van der Waals surface area contributed by atoms with Crippen LogP contribution in [0.25, 0.3) is 0 Å². The SMILES string of the molecule is Cc1ccc(S(=O)(=O)NC[N+](C)(C)C)cc1. The fraction of sp³-hybridized carbons (Fsp3) is 0.455. The van der Waals surface area contributed by atoms with Crippen molar-refractivity contribution in [3.63, 3.8) is 0 Å². The summed E-state index contributed by atoms with van der Waals surface area (Å²) in [7, 11) is 2.41. The molecule has 0 spiro atoms. The van der Waals surface area contributed by atoms with Crippen molar-refractivity contribution < 1.29 is 12.9 Å². The van der Waals surface area contributed by atoms with Gasteiger partial charge < -0.3 is 4.48 Å². The van der Waals surface area contributed by atoms with Crippen molar-refractivity contribution in [2.75, 3.05) is 27.8 Å². The van der Waals surface area contributed by atoms with Gasteiger partial charge in [-0.25, -0.2) is 8.42 Å². The largest absolute Gasteiger partial charge is 0.318 e. The fourth-order valence-electron chi connectivity index (χ4n) is 1.08. The minimum atomic E-state index is -3.38. The lowest BCUT2D eigenvalue weighted by molar-refractivity contribution is -0.871. The lowest BCUT2D eigenvalue weighted by atomic mass is 10.2. The molecule has 0 radical (unpaired) electrons. The molecule has 1 aromatic carbocycles. The van der Waals surface area contributed by atoms with Gasteiger partial charge in [0, 0.05) is 0 Å². The average molecular weight is 243 g/mol. The van der Waals surface area contributed by atoms with E-state index >= 15 is 0 Å². The standard InChI is InChI=1S/C11H19N2O2S/c1-10-5-7-11(8-6-10)16(14,15)12-9-13(2,3)4/h5-8,12H,9H2,1-4H3/q+1. The number of nitrogens with zero attached hydrogens (tertiary/aromatic N) is 1. The van der Waals surface area contributed by atoms with Gasteiger partial charge in [-0.05, 0) is 19.1 Å². The Kier molecular flexibility index (Phi) is 3.72. The summed E-state index contributed by atoms with van der Waals surface area (Å²) in [6.45, 7) is 2.30. The van der Waals surface area contributed by atoms with Crippen LogP contribution in [-0.2, 0) is 10.0 Å². The summed E-state index contributed by atoms with van der Waals surface area (Å²) < 4.78 is 26.9. The Hall–Kier alpha value is -0.910. The molecule has 0 aliphatic rings. The van der Waals surface area contributed by atoms with E-state index in [2.05, 4.69) is 4.72 Å². The van der Waals surface area contributed by atoms with Gasteiger partial charge in [0.1, 0.15) is 6.67 Å². The van der Waals surface area contributed by atoms with Crippen molar-refractivity contribution in [1.82, 2.24) is 4.72 Å². The van der Waals surface area contributed by atoms with E-state index in [-0.39, 0.29) is 0 Å². The maximum Gasteiger partial charge on any atom is 0.244 e. The van der Waals surface area contributed by atoms with Crippen LogP contribution in [0.3, 0.4) is 0 Å². The first-order chi connectivity index (χ1) is 7.21. The van der Waals surface area contributed by atoms with Gasteiger partial charge in [-0.3, -0.25) is 0 Å². The Morgan fingerprint density at radius 2 is 1.62 bits per heavy atom. The van der Waals surface area contributed by atoms with Crippen molar-refractivity contribution in [3.05, 3.63) is 29.8 Å². The quantitative estimate of drug-likeness (QED) is 0.632. The Balaban J connectivity index is 2.83. The maximum atomic E-state index is 11.9. The molecule has 0 atom stereocenters. The molecular weight excluding hydrogens is 224 g/mol. The second kappa shape index (κ2) is 4.53. The minimum absolute atomic E-state index is 0.312. The van der Waals surface area contributed by atoms with Gasteiger partial charge in [-0.2, -0.15) is 4.72 Å². The van der Waals surface area contributed by atoms with Crippen LogP contribution in [0.15, 0.2) is 29.2 Å². The Bertz CT molecular complexity index is 444. The van der Waals surface area contributed by atoms with Crippen LogP contribution in [-0.4, -0.2) is 40.7 Å². The highest BCUT2D eigenvalue weighted by atomic mass is 32.2. The van der Waals surface area contributed by atoms with Crippen molar-refractivity contribution >= 4 is 10.0 Å². The summed E-state index contributed by atoms with van der Waals surface area (Å²) in [4.78, 5) is 0.312. The highest BCUT2D eigenvalue weighted by Gasteiger charge is 2.17. The zero-order valence-corrected chi connectivity index (χ0v) is 11.0. The third-order valence-electron chi connectivity index (χ3n) is 2.06. The molecule has 0 aromatic heterocycles. The summed E-state index contributed by atoms with van der Waals surface area (Å²) in [6.07, 6.45) is 0. The molecule has 0 fully saturated rings. The zero-order chi connectivity index (χ0) is 12.4. The molecule has 4 nitrogen and oxygen atoms in total. The summed E-state index contributed by atoms with van der Waals surface area (Å²) in [5.41, 5.74) is 1.05. The molecule has 0 bridgehead atoms. The molecule has 0 saturated heterocycles. The molecule has 0 heterocycles. The first-order valence-electron chi connectivity index (χ1n) is 5.07. The average Bonchev–Trinajstić information content (AvgIpc) is 2.15. The third-order valence-corrected chi connectivity index (χ3v) is 3.46. The molecule has 1 N–H and O–H groups in total. The number of rotatable bonds is 4. The van der Waals surface area contributed by atoms with Crippen molar-refractivity contribution in [1.29, 1.82) is 0 Å². The molecule has 5 heteroatoms. The topological polar surface area (TPSA) is 46.2 Å². The van der Waals surface area contributed by atoms with Gasteiger partial charge in [0.05, 0.1) is 26.0 Å². The van der Waals surface area contributed by atoms with E-state index in [1.54, 1.807) is 24.3 Å². The summed E-state index contributed by atoms with van der Waals surface area (Å²) in [5.74, 6) is 0. The lowest BCUT2D eigenvalue weighted by Crippen LogP contribution is -2.44. The van der Waals surface area contributed by atoms with E-state index < -0.39 is 10.0 Å². The first kappa shape index (κ1) is 13.2.